The Bertz CT molecular complexity index is 2620. The molecule has 1 heterocycles. The van der Waals surface area contributed by atoms with E-state index in [1.165, 1.54) is 98.9 Å². The van der Waals surface area contributed by atoms with E-state index in [4.69, 9.17) is 4.42 Å². The number of para-hydroxylation sites is 1. The van der Waals surface area contributed by atoms with Crippen molar-refractivity contribution < 1.29 is 4.42 Å². The lowest BCUT2D eigenvalue weighted by atomic mass is 9.82. The molecule has 1 saturated carbocycles. The van der Waals surface area contributed by atoms with Crippen LogP contribution in [-0.4, -0.2) is 0 Å². The number of benzene rings is 7. The summed E-state index contributed by atoms with van der Waals surface area (Å²) >= 11 is 0. The van der Waals surface area contributed by atoms with Gasteiger partial charge >= 0.3 is 0 Å². The molecule has 0 atom stereocenters. The van der Waals surface area contributed by atoms with Crippen LogP contribution in [0.2, 0.25) is 0 Å². The molecule has 2 aliphatic carbocycles. The average Bonchev–Trinajstić information content (AvgIpc) is 3.66. The number of hydrogen-bond donors (Lipinski definition) is 0. The van der Waals surface area contributed by atoms with Gasteiger partial charge in [-0.1, -0.05) is 130 Å². The van der Waals surface area contributed by atoms with Crippen LogP contribution in [0.25, 0.3) is 55.0 Å². The number of fused-ring (bicyclic) bond motifs is 7. The summed E-state index contributed by atoms with van der Waals surface area (Å²) in [5.41, 5.74) is 14.7. The van der Waals surface area contributed by atoms with Crippen molar-refractivity contribution in [2.75, 3.05) is 4.90 Å². The molecule has 2 aliphatic rings. The van der Waals surface area contributed by atoms with Crippen LogP contribution in [0.4, 0.5) is 17.1 Å². The van der Waals surface area contributed by atoms with Crippen LogP contribution in [0.15, 0.2) is 150 Å². The highest BCUT2D eigenvalue weighted by atomic mass is 16.3. The predicted molar refractivity (Wildman–Crippen MR) is 215 cm³/mol. The lowest BCUT2D eigenvalue weighted by Gasteiger charge is -2.31. The summed E-state index contributed by atoms with van der Waals surface area (Å²) in [6, 6.07) is 54.1. The Hall–Kier alpha value is -5.60. The minimum Gasteiger partial charge on any atom is -0.456 e. The second kappa shape index (κ2) is 11.7. The van der Waals surface area contributed by atoms with Crippen molar-refractivity contribution in [1.82, 2.24) is 0 Å². The fourth-order valence-corrected chi connectivity index (χ4v) is 9.26. The Labute approximate surface area is 300 Å². The van der Waals surface area contributed by atoms with Crippen molar-refractivity contribution in [3.8, 4) is 22.3 Å². The fourth-order valence-electron chi connectivity index (χ4n) is 9.26. The molecule has 0 unspecified atom stereocenters. The predicted octanol–water partition coefficient (Wildman–Crippen LogP) is 14.2. The highest BCUT2D eigenvalue weighted by Crippen LogP contribution is 2.52. The van der Waals surface area contributed by atoms with Crippen molar-refractivity contribution in [2.24, 2.45) is 0 Å². The minimum absolute atomic E-state index is 0.0485. The number of hydrogen-bond acceptors (Lipinski definition) is 2. The van der Waals surface area contributed by atoms with E-state index in [-0.39, 0.29) is 5.41 Å². The van der Waals surface area contributed by atoms with Crippen LogP contribution in [0.5, 0.6) is 0 Å². The van der Waals surface area contributed by atoms with Crippen LogP contribution in [-0.2, 0) is 5.41 Å². The summed E-state index contributed by atoms with van der Waals surface area (Å²) in [6.07, 6.45) is 6.53. The van der Waals surface area contributed by atoms with Crippen molar-refractivity contribution in [3.05, 3.63) is 162 Å². The first-order chi connectivity index (χ1) is 25.0. The molecule has 2 heteroatoms. The van der Waals surface area contributed by atoms with Crippen LogP contribution >= 0.6 is 0 Å². The zero-order valence-electron chi connectivity index (χ0n) is 29.3. The minimum atomic E-state index is -0.0485. The topological polar surface area (TPSA) is 16.4 Å². The van der Waals surface area contributed by atoms with E-state index < -0.39 is 0 Å². The van der Waals surface area contributed by atoms with E-state index >= 15 is 0 Å². The Morgan fingerprint density at radius 1 is 0.549 bits per heavy atom. The molecular formula is C49H41NO. The fraction of sp³-hybridized carbons (Fsp3) is 0.184. The van der Waals surface area contributed by atoms with Crippen LogP contribution in [0.1, 0.15) is 68.6 Å². The largest absolute Gasteiger partial charge is 0.456 e. The third-order valence-corrected chi connectivity index (χ3v) is 11.8. The maximum Gasteiger partial charge on any atom is 0.135 e. The molecule has 0 aliphatic heterocycles. The standard InChI is InChI=1S/C49H41NO/c1-49(2)43-21-10-8-19-39(43)41-31-37(25-26-44(41)49)50(36-17-12-16-34(29-36)32-13-4-3-5-14-32)45-27-23-33-15-6-7-18-38(33)48(45)35-24-28-47-42(30-35)40-20-9-11-22-46(40)51-47/h6-12,15-32H,3-5,13-14H2,1-2H3. The molecule has 0 spiro atoms. The van der Waals surface area contributed by atoms with Gasteiger partial charge < -0.3 is 9.32 Å². The molecule has 0 amide bonds. The van der Waals surface area contributed by atoms with Crippen LogP contribution in [0, 0.1) is 0 Å². The summed E-state index contributed by atoms with van der Waals surface area (Å²) in [7, 11) is 0. The zero-order chi connectivity index (χ0) is 34.1. The Balaban J connectivity index is 1.24. The van der Waals surface area contributed by atoms with E-state index in [0.29, 0.717) is 5.92 Å². The quantitative estimate of drug-likeness (QED) is 0.183. The number of rotatable bonds is 5. The van der Waals surface area contributed by atoms with Gasteiger partial charge in [-0.25, -0.2) is 0 Å². The molecular weight excluding hydrogens is 619 g/mol. The van der Waals surface area contributed by atoms with Gasteiger partial charge in [0.2, 0.25) is 0 Å². The van der Waals surface area contributed by atoms with Crippen molar-refractivity contribution in [1.29, 1.82) is 0 Å². The van der Waals surface area contributed by atoms with Gasteiger partial charge in [-0.3, -0.25) is 0 Å². The smallest absolute Gasteiger partial charge is 0.135 e. The average molecular weight is 660 g/mol. The molecule has 51 heavy (non-hydrogen) atoms. The van der Waals surface area contributed by atoms with Gasteiger partial charge in [0.25, 0.3) is 0 Å². The molecule has 7 aromatic carbocycles. The Morgan fingerprint density at radius 2 is 1.29 bits per heavy atom. The summed E-state index contributed by atoms with van der Waals surface area (Å²) < 4.78 is 6.30. The second-order valence-corrected chi connectivity index (χ2v) is 15.2. The lowest BCUT2D eigenvalue weighted by Crippen LogP contribution is -2.16. The molecule has 0 N–H and O–H groups in total. The third kappa shape index (κ3) is 4.84. The zero-order valence-corrected chi connectivity index (χ0v) is 29.3. The summed E-state index contributed by atoms with van der Waals surface area (Å²) in [4.78, 5) is 2.53. The van der Waals surface area contributed by atoms with Gasteiger partial charge in [0, 0.05) is 33.1 Å². The maximum atomic E-state index is 6.30. The first kappa shape index (κ1) is 30.2. The number of nitrogens with zero attached hydrogens (tertiary/aromatic N) is 1. The first-order valence-electron chi connectivity index (χ1n) is 18.6. The monoisotopic (exact) mass is 659 g/mol. The van der Waals surface area contributed by atoms with E-state index in [2.05, 4.69) is 158 Å². The van der Waals surface area contributed by atoms with Gasteiger partial charge in [-0.15, -0.1) is 0 Å². The second-order valence-electron chi connectivity index (χ2n) is 15.2. The first-order valence-corrected chi connectivity index (χ1v) is 18.6. The van der Waals surface area contributed by atoms with Gasteiger partial charge in [0.05, 0.1) is 5.69 Å². The third-order valence-electron chi connectivity index (χ3n) is 11.8. The molecule has 0 radical (unpaired) electrons. The van der Waals surface area contributed by atoms with E-state index in [0.717, 1.165) is 21.9 Å². The van der Waals surface area contributed by atoms with Gasteiger partial charge in [0.15, 0.2) is 0 Å². The summed E-state index contributed by atoms with van der Waals surface area (Å²) in [5.74, 6) is 0.612. The number of furan rings is 1. The van der Waals surface area contributed by atoms with Gasteiger partial charge in [0.1, 0.15) is 11.2 Å². The number of anilines is 3. The molecule has 8 aromatic rings. The molecule has 1 aromatic heterocycles. The van der Waals surface area contributed by atoms with Crippen molar-refractivity contribution in [3.63, 3.8) is 0 Å². The lowest BCUT2D eigenvalue weighted by molar-refractivity contribution is 0.443. The summed E-state index contributed by atoms with van der Waals surface area (Å²) in [6.45, 7) is 4.72. The maximum absolute atomic E-state index is 6.30. The van der Waals surface area contributed by atoms with Crippen molar-refractivity contribution >= 4 is 49.8 Å². The SMILES string of the molecule is CC1(C)c2ccccc2-c2cc(N(c3cccc(C4CCCCC4)c3)c3ccc4ccccc4c3-c3ccc4oc5ccccc5c4c3)ccc21. The van der Waals surface area contributed by atoms with Gasteiger partial charge in [-0.05, 0) is 111 Å². The normalized spacial score (nSPS) is 15.3. The van der Waals surface area contributed by atoms with E-state index in [9.17, 15) is 0 Å². The van der Waals surface area contributed by atoms with Gasteiger partial charge in [-0.2, -0.15) is 0 Å². The molecule has 248 valence electrons. The molecule has 1 fully saturated rings. The van der Waals surface area contributed by atoms with Crippen LogP contribution < -0.4 is 4.90 Å². The van der Waals surface area contributed by atoms with Crippen molar-refractivity contribution in [2.45, 2.75) is 57.3 Å². The van der Waals surface area contributed by atoms with E-state index in [1.54, 1.807) is 0 Å². The highest BCUT2D eigenvalue weighted by Gasteiger charge is 2.36. The molecule has 10 rings (SSSR count). The Morgan fingerprint density at radius 3 is 2.20 bits per heavy atom. The molecule has 2 nitrogen and oxygen atoms in total. The molecule has 0 bridgehead atoms. The Kier molecular flexibility index (Phi) is 6.96. The summed E-state index contributed by atoms with van der Waals surface area (Å²) in [5, 5.41) is 4.76. The van der Waals surface area contributed by atoms with Crippen LogP contribution in [0.3, 0.4) is 0 Å². The molecule has 0 saturated heterocycles. The van der Waals surface area contributed by atoms with E-state index in [1.807, 2.05) is 6.07 Å². The highest BCUT2D eigenvalue weighted by molar-refractivity contribution is 6.10.